The fourth-order valence-corrected chi connectivity index (χ4v) is 3.57. The SMILES string of the molecule is CC(C)(C)C1CCC(Nc2ccccc2Br)(C(=O)O)CC1. The second kappa shape index (κ2) is 5.99. The predicted octanol–water partition coefficient (Wildman–Crippen LogP) is 4.92. The van der Waals surface area contributed by atoms with Crippen molar-refractivity contribution in [2.45, 2.75) is 52.0 Å². The quantitative estimate of drug-likeness (QED) is 0.810. The van der Waals surface area contributed by atoms with E-state index >= 15 is 0 Å². The van der Waals surface area contributed by atoms with Gasteiger partial charge in [0.2, 0.25) is 0 Å². The largest absolute Gasteiger partial charge is 0.480 e. The topological polar surface area (TPSA) is 49.3 Å². The van der Waals surface area contributed by atoms with Crippen LogP contribution in [0.5, 0.6) is 0 Å². The number of benzene rings is 1. The number of anilines is 1. The molecular weight excluding hydrogens is 330 g/mol. The lowest BCUT2D eigenvalue weighted by molar-refractivity contribution is -0.144. The van der Waals surface area contributed by atoms with Crippen molar-refractivity contribution < 1.29 is 9.90 Å². The molecule has 0 unspecified atom stereocenters. The Labute approximate surface area is 135 Å². The van der Waals surface area contributed by atoms with E-state index in [0.29, 0.717) is 18.8 Å². The number of hydrogen-bond acceptors (Lipinski definition) is 2. The second-order valence-corrected chi connectivity index (χ2v) is 7.99. The zero-order valence-corrected chi connectivity index (χ0v) is 14.5. The number of para-hydroxylation sites is 1. The minimum absolute atomic E-state index is 0.248. The first-order chi connectivity index (χ1) is 9.74. The number of nitrogens with one attached hydrogen (secondary N) is 1. The monoisotopic (exact) mass is 353 g/mol. The van der Waals surface area contributed by atoms with Crippen LogP contribution in [0.4, 0.5) is 5.69 Å². The van der Waals surface area contributed by atoms with Gasteiger partial charge in [0.1, 0.15) is 5.54 Å². The van der Waals surface area contributed by atoms with Gasteiger partial charge in [-0.15, -0.1) is 0 Å². The third-order valence-corrected chi connectivity index (χ3v) is 5.41. The summed E-state index contributed by atoms with van der Waals surface area (Å²) < 4.78 is 0.906. The molecule has 3 nitrogen and oxygen atoms in total. The second-order valence-electron chi connectivity index (χ2n) is 7.13. The van der Waals surface area contributed by atoms with Gasteiger partial charge in [-0.05, 0) is 65.1 Å². The lowest BCUT2D eigenvalue weighted by atomic mass is 9.67. The summed E-state index contributed by atoms with van der Waals surface area (Å²) in [6.45, 7) is 6.73. The molecule has 2 N–H and O–H groups in total. The van der Waals surface area contributed by atoms with E-state index in [1.807, 2.05) is 24.3 Å². The molecule has 0 spiro atoms. The molecule has 4 heteroatoms. The Hall–Kier alpha value is -1.03. The molecule has 2 rings (SSSR count). The smallest absolute Gasteiger partial charge is 0.329 e. The van der Waals surface area contributed by atoms with Gasteiger partial charge < -0.3 is 10.4 Å². The maximum Gasteiger partial charge on any atom is 0.329 e. The summed E-state index contributed by atoms with van der Waals surface area (Å²) >= 11 is 3.48. The van der Waals surface area contributed by atoms with Crippen molar-refractivity contribution >= 4 is 27.6 Å². The Balaban J connectivity index is 2.17. The van der Waals surface area contributed by atoms with Gasteiger partial charge in [0.25, 0.3) is 0 Å². The number of aliphatic carboxylic acids is 1. The Bertz CT molecular complexity index is 514. The van der Waals surface area contributed by atoms with Gasteiger partial charge in [-0.1, -0.05) is 32.9 Å². The highest BCUT2D eigenvalue weighted by Gasteiger charge is 2.44. The highest BCUT2D eigenvalue weighted by molar-refractivity contribution is 9.10. The van der Waals surface area contributed by atoms with Crippen molar-refractivity contribution in [1.29, 1.82) is 0 Å². The molecular formula is C17H24BrNO2. The third-order valence-electron chi connectivity index (χ3n) is 4.72. The summed E-state index contributed by atoms with van der Waals surface area (Å²) in [5, 5.41) is 13.0. The molecule has 0 atom stereocenters. The molecule has 0 saturated heterocycles. The highest BCUT2D eigenvalue weighted by Crippen LogP contribution is 2.43. The van der Waals surface area contributed by atoms with E-state index in [0.717, 1.165) is 23.0 Å². The van der Waals surface area contributed by atoms with Crippen LogP contribution >= 0.6 is 15.9 Å². The van der Waals surface area contributed by atoms with Crippen LogP contribution < -0.4 is 5.32 Å². The van der Waals surface area contributed by atoms with Crippen molar-refractivity contribution in [2.75, 3.05) is 5.32 Å². The normalized spacial score (nSPS) is 26.4. The minimum atomic E-state index is -0.842. The summed E-state index contributed by atoms with van der Waals surface area (Å²) in [5.41, 5.74) is 0.262. The van der Waals surface area contributed by atoms with Gasteiger partial charge in [0.05, 0.1) is 0 Å². The molecule has 1 aromatic carbocycles. The molecule has 1 aromatic rings. The number of carboxylic acid groups (broad SMARTS) is 1. The number of hydrogen-bond donors (Lipinski definition) is 2. The molecule has 1 saturated carbocycles. The van der Waals surface area contributed by atoms with Crippen molar-refractivity contribution in [3.05, 3.63) is 28.7 Å². The first kappa shape index (κ1) is 16.3. The van der Waals surface area contributed by atoms with Crippen LogP contribution in [0.1, 0.15) is 46.5 Å². The van der Waals surface area contributed by atoms with E-state index < -0.39 is 11.5 Å². The van der Waals surface area contributed by atoms with Gasteiger partial charge >= 0.3 is 5.97 Å². The molecule has 21 heavy (non-hydrogen) atoms. The summed E-state index contributed by atoms with van der Waals surface area (Å²) in [7, 11) is 0. The zero-order valence-electron chi connectivity index (χ0n) is 12.9. The van der Waals surface area contributed by atoms with E-state index in [1.54, 1.807) is 0 Å². The molecule has 1 aliphatic rings. The molecule has 0 aliphatic heterocycles. The molecule has 0 heterocycles. The van der Waals surface area contributed by atoms with E-state index in [2.05, 4.69) is 42.0 Å². The maximum atomic E-state index is 11.9. The maximum absolute atomic E-state index is 11.9. The van der Waals surface area contributed by atoms with Crippen LogP contribution in [0.15, 0.2) is 28.7 Å². The number of halogens is 1. The number of carboxylic acids is 1. The standard InChI is InChI=1S/C17H24BrNO2/c1-16(2,3)12-8-10-17(11-9-12,15(20)21)19-14-7-5-4-6-13(14)18/h4-7,12,19H,8-11H2,1-3H3,(H,20,21). The molecule has 0 radical (unpaired) electrons. The number of carbonyl (C=O) groups is 1. The molecule has 1 fully saturated rings. The Morgan fingerprint density at radius 1 is 1.29 bits per heavy atom. The summed E-state index contributed by atoms with van der Waals surface area (Å²) in [5.74, 6) is -0.156. The van der Waals surface area contributed by atoms with Crippen LogP contribution in [0, 0.1) is 11.3 Å². The fourth-order valence-electron chi connectivity index (χ4n) is 3.19. The average molecular weight is 354 g/mol. The Morgan fingerprint density at radius 3 is 2.33 bits per heavy atom. The van der Waals surface area contributed by atoms with Crippen LogP contribution in [-0.4, -0.2) is 16.6 Å². The van der Waals surface area contributed by atoms with Gasteiger partial charge in [0, 0.05) is 10.2 Å². The van der Waals surface area contributed by atoms with Crippen molar-refractivity contribution in [3.63, 3.8) is 0 Å². The Kier molecular flexibility index (Phi) is 4.66. The van der Waals surface area contributed by atoms with Crippen LogP contribution in [-0.2, 0) is 4.79 Å². The first-order valence-corrected chi connectivity index (χ1v) is 8.30. The predicted molar refractivity (Wildman–Crippen MR) is 89.5 cm³/mol. The lowest BCUT2D eigenvalue weighted by Crippen LogP contribution is -2.50. The molecule has 0 aromatic heterocycles. The molecule has 116 valence electrons. The summed E-state index contributed by atoms with van der Waals surface area (Å²) in [6, 6.07) is 7.70. The van der Waals surface area contributed by atoms with Gasteiger partial charge in [-0.25, -0.2) is 4.79 Å². The third kappa shape index (κ3) is 3.60. The zero-order chi connectivity index (χ0) is 15.7. The molecule has 0 amide bonds. The van der Waals surface area contributed by atoms with Crippen molar-refractivity contribution in [1.82, 2.24) is 0 Å². The van der Waals surface area contributed by atoms with E-state index in [-0.39, 0.29) is 5.41 Å². The van der Waals surface area contributed by atoms with Crippen molar-refractivity contribution in [2.24, 2.45) is 11.3 Å². The average Bonchev–Trinajstić information content (AvgIpc) is 2.41. The summed E-state index contributed by atoms with van der Waals surface area (Å²) in [6.07, 6.45) is 3.25. The van der Waals surface area contributed by atoms with E-state index in [9.17, 15) is 9.90 Å². The van der Waals surface area contributed by atoms with Crippen LogP contribution in [0.3, 0.4) is 0 Å². The van der Waals surface area contributed by atoms with Gasteiger partial charge in [0.15, 0.2) is 0 Å². The number of rotatable bonds is 3. The van der Waals surface area contributed by atoms with Crippen LogP contribution in [0.25, 0.3) is 0 Å². The van der Waals surface area contributed by atoms with E-state index in [4.69, 9.17) is 0 Å². The first-order valence-electron chi connectivity index (χ1n) is 7.51. The highest BCUT2D eigenvalue weighted by atomic mass is 79.9. The minimum Gasteiger partial charge on any atom is -0.480 e. The van der Waals surface area contributed by atoms with Crippen LogP contribution in [0.2, 0.25) is 0 Å². The molecule has 0 bridgehead atoms. The summed E-state index contributed by atoms with van der Waals surface area (Å²) in [4.78, 5) is 11.9. The molecule has 1 aliphatic carbocycles. The van der Waals surface area contributed by atoms with E-state index in [1.165, 1.54) is 0 Å². The lowest BCUT2D eigenvalue weighted by Gasteiger charge is -2.42. The Morgan fingerprint density at radius 2 is 1.86 bits per heavy atom. The van der Waals surface area contributed by atoms with Crippen molar-refractivity contribution in [3.8, 4) is 0 Å². The van der Waals surface area contributed by atoms with Gasteiger partial charge in [-0.3, -0.25) is 0 Å². The fraction of sp³-hybridized carbons (Fsp3) is 0.588. The van der Waals surface area contributed by atoms with Gasteiger partial charge in [-0.2, -0.15) is 0 Å².